The zero-order valence-electron chi connectivity index (χ0n) is 13.1. The molecule has 2 aromatic carbocycles. The first-order chi connectivity index (χ1) is 11.6. The molecule has 2 atom stereocenters. The van der Waals surface area contributed by atoms with Crippen molar-refractivity contribution in [3.8, 4) is 0 Å². The van der Waals surface area contributed by atoms with Crippen LogP contribution in [0.4, 0.5) is 4.39 Å². The second kappa shape index (κ2) is 7.62. The summed E-state index contributed by atoms with van der Waals surface area (Å²) < 4.78 is 13.2. The smallest absolute Gasteiger partial charge is 0.230 e. The summed E-state index contributed by atoms with van der Waals surface area (Å²) in [5.74, 6) is 0.433. The van der Waals surface area contributed by atoms with E-state index < -0.39 is 0 Å². The average molecular weight is 343 g/mol. The van der Waals surface area contributed by atoms with E-state index in [1.54, 1.807) is 18.2 Å². The summed E-state index contributed by atoms with van der Waals surface area (Å²) in [6.07, 6.45) is 0.836. The van der Waals surface area contributed by atoms with E-state index >= 15 is 0 Å². The Hall–Kier alpha value is -2.14. The molecule has 0 spiro atoms. The van der Waals surface area contributed by atoms with Crippen molar-refractivity contribution in [3.63, 3.8) is 0 Å². The molecule has 0 unspecified atom stereocenters. The van der Waals surface area contributed by atoms with Gasteiger partial charge in [0.1, 0.15) is 5.82 Å². The Bertz CT molecular complexity index is 735. The molecule has 5 heteroatoms. The maximum Gasteiger partial charge on any atom is 0.230 e. The van der Waals surface area contributed by atoms with Crippen LogP contribution in [0.25, 0.3) is 0 Å². The number of halogens is 1. The number of hydrogen-bond donors (Lipinski definition) is 1. The third kappa shape index (κ3) is 4.45. The van der Waals surface area contributed by atoms with E-state index in [0.717, 1.165) is 12.0 Å². The number of nitrogens with one attached hydrogen (secondary N) is 1. The number of benzene rings is 2. The van der Waals surface area contributed by atoms with Crippen LogP contribution in [-0.2, 0) is 4.79 Å². The van der Waals surface area contributed by atoms with Crippen molar-refractivity contribution in [1.82, 2.24) is 5.32 Å². The number of carbonyl (C=O) groups excluding carboxylic acids is 2. The van der Waals surface area contributed by atoms with Crippen molar-refractivity contribution in [3.05, 3.63) is 71.5 Å². The quantitative estimate of drug-likeness (QED) is 0.784. The summed E-state index contributed by atoms with van der Waals surface area (Å²) >= 11 is 1.31. The van der Waals surface area contributed by atoms with E-state index in [2.05, 4.69) is 5.32 Å². The summed E-state index contributed by atoms with van der Waals surface area (Å²) in [5, 5.41) is 2.94. The van der Waals surface area contributed by atoms with Crippen LogP contribution in [-0.4, -0.2) is 29.2 Å². The van der Waals surface area contributed by atoms with E-state index in [1.165, 1.54) is 23.9 Å². The molecule has 3 rings (SSSR count). The lowest BCUT2D eigenvalue weighted by atomic mass is 10.1. The van der Waals surface area contributed by atoms with Crippen molar-refractivity contribution in [2.45, 2.75) is 18.4 Å². The molecule has 1 fully saturated rings. The van der Waals surface area contributed by atoms with Crippen LogP contribution in [0.1, 0.15) is 28.3 Å². The molecule has 1 aliphatic carbocycles. The minimum Gasteiger partial charge on any atom is -0.352 e. The van der Waals surface area contributed by atoms with Gasteiger partial charge in [0.15, 0.2) is 5.78 Å². The Labute approximate surface area is 144 Å². The molecular formula is C19H18FNO2S. The largest absolute Gasteiger partial charge is 0.352 e. The van der Waals surface area contributed by atoms with Crippen LogP contribution in [0.5, 0.6) is 0 Å². The predicted molar refractivity (Wildman–Crippen MR) is 93.8 cm³/mol. The molecule has 24 heavy (non-hydrogen) atoms. The summed E-state index contributed by atoms with van der Waals surface area (Å²) in [7, 11) is 0. The van der Waals surface area contributed by atoms with Gasteiger partial charge in [0.25, 0.3) is 0 Å². The molecule has 0 saturated heterocycles. The monoisotopic (exact) mass is 343 g/mol. The van der Waals surface area contributed by atoms with Crippen LogP contribution in [0, 0.1) is 5.82 Å². The Balaban J connectivity index is 1.39. The van der Waals surface area contributed by atoms with Crippen molar-refractivity contribution >= 4 is 23.5 Å². The van der Waals surface area contributed by atoms with Crippen LogP contribution in [0.15, 0.2) is 54.6 Å². The lowest BCUT2D eigenvalue weighted by Crippen LogP contribution is -2.28. The standard InChI is InChI=1S/C19H18FNO2S/c20-15-8-4-7-14(9-15)16-10-17(16)21-19(23)12-24-11-18(22)13-5-2-1-3-6-13/h1-9,16-17H,10-12H2,(H,21,23)/t16-,17+/m1/s1. The highest BCUT2D eigenvalue weighted by Gasteiger charge is 2.39. The lowest BCUT2D eigenvalue weighted by Gasteiger charge is -2.05. The second-order valence-electron chi connectivity index (χ2n) is 5.85. The Morgan fingerprint density at radius 2 is 1.88 bits per heavy atom. The number of amides is 1. The summed E-state index contributed by atoms with van der Waals surface area (Å²) in [6.45, 7) is 0. The van der Waals surface area contributed by atoms with Gasteiger partial charge in [-0.05, 0) is 24.1 Å². The molecule has 0 aromatic heterocycles. The van der Waals surface area contributed by atoms with Gasteiger partial charge in [-0.3, -0.25) is 9.59 Å². The molecule has 1 saturated carbocycles. The van der Waals surface area contributed by atoms with E-state index in [-0.39, 0.29) is 41.0 Å². The van der Waals surface area contributed by atoms with Gasteiger partial charge in [0, 0.05) is 17.5 Å². The third-order valence-corrected chi connectivity index (χ3v) is 4.91. The van der Waals surface area contributed by atoms with Gasteiger partial charge in [0.2, 0.25) is 5.91 Å². The third-order valence-electron chi connectivity index (χ3n) is 3.98. The Morgan fingerprint density at radius 1 is 1.08 bits per heavy atom. The van der Waals surface area contributed by atoms with Gasteiger partial charge in [-0.15, -0.1) is 11.8 Å². The first-order valence-electron chi connectivity index (χ1n) is 7.84. The fourth-order valence-electron chi connectivity index (χ4n) is 2.65. The zero-order valence-corrected chi connectivity index (χ0v) is 13.9. The highest BCUT2D eigenvalue weighted by molar-refractivity contribution is 8.00. The molecule has 124 valence electrons. The number of carbonyl (C=O) groups is 2. The highest BCUT2D eigenvalue weighted by atomic mass is 32.2. The molecule has 0 aliphatic heterocycles. The minimum atomic E-state index is -0.251. The second-order valence-corrected chi connectivity index (χ2v) is 6.84. The number of thioether (sulfide) groups is 1. The van der Waals surface area contributed by atoms with E-state index in [9.17, 15) is 14.0 Å². The predicted octanol–water partition coefficient (Wildman–Crippen LogP) is 3.41. The number of hydrogen-bond acceptors (Lipinski definition) is 3. The van der Waals surface area contributed by atoms with Crippen molar-refractivity contribution in [2.24, 2.45) is 0 Å². The SMILES string of the molecule is O=C(CSCC(=O)c1ccccc1)N[C@H]1C[C@@H]1c1cccc(F)c1. The molecular weight excluding hydrogens is 325 g/mol. The topological polar surface area (TPSA) is 46.2 Å². The van der Waals surface area contributed by atoms with Crippen molar-refractivity contribution < 1.29 is 14.0 Å². The number of rotatable bonds is 7. The van der Waals surface area contributed by atoms with Gasteiger partial charge in [-0.25, -0.2) is 4.39 Å². The fourth-order valence-corrected chi connectivity index (χ4v) is 3.38. The summed E-state index contributed by atoms with van der Waals surface area (Å²) in [6, 6.07) is 15.6. The molecule has 0 heterocycles. The van der Waals surface area contributed by atoms with Crippen LogP contribution < -0.4 is 5.32 Å². The van der Waals surface area contributed by atoms with Gasteiger partial charge < -0.3 is 5.32 Å². The zero-order chi connectivity index (χ0) is 16.9. The van der Waals surface area contributed by atoms with Gasteiger partial charge >= 0.3 is 0 Å². The minimum absolute atomic E-state index is 0.0254. The molecule has 2 aromatic rings. The normalized spacial score (nSPS) is 18.9. The Kier molecular flexibility index (Phi) is 5.30. The molecule has 1 amide bonds. The molecule has 1 aliphatic rings. The van der Waals surface area contributed by atoms with Gasteiger partial charge in [-0.2, -0.15) is 0 Å². The van der Waals surface area contributed by atoms with Gasteiger partial charge in [0.05, 0.1) is 11.5 Å². The Morgan fingerprint density at radius 3 is 2.62 bits per heavy atom. The molecule has 3 nitrogen and oxygen atoms in total. The van der Waals surface area contributed by atoms with Crippen molar-refractivity contribution in [2.75, 3.05) is 11.5 Å². The lowest BCUT2D eigenvalue weighted by molar-refractivity contribution is -0.118. The highest BCUT2D eigenvalue weighted by Crippen LogP contribution is 2.40. The molecule has 1 N–H and O–H groups in total. The fraction of sp³-hybridized carbons (Fsp3) is 0.263. The van der Waals surface area contributed by atoms with Crippen molar-refractivity contribution in [1.29, 1.82) is 0 Å². The maximum atomic E-state index is 13.2. The maximum absolute atomic E-state index is 13.2. The van der Waals surface area contributed by atoms with E-state index in [1.807, 2.05) is 24.3 Å². The summed E-state index contributed by atoms with van der Waals surface area (Å²) in [5.41, 5.74) is 1.59. The van der Waals surface area contributed by atoms with Gasteiger partial charge in [-0.1, -0.05) is 42.5 Å². The number of ketones is 1. The molecule has 0 radical (unpaired) electrons. The average Bonchev–Trinajstić information content (AvgIpc) is 3.34. The van der Waals surface area contributed by atoms with Crippen LogP contribution in [0.3, 0.4) is 0 Å². The van der Waals surface area contributed by atoms with Crippen LogP contribution in [0.2, 0.25) is 0 Å². The molecule has 0 bridgehead atoms. The first kappa shape index (κ1) is 16.7. The van der Waals surface area contributed by atoms with E-state index in [0.29, 0.717) is 5.56 Å². The number of Topliss-reactive ketones (excluding diaryl/α,β-unsaturated/α-hetero) is 1. The first-order valence-corrected chi connectivity index (χ1v) is 9.00. The summed E-state index contributed by atoms with van der Waals surface area (Å²) in [4.78, 5) is 23.9. The van der Waals surface area contributed by atoms with Crippen LogP contribution >= 0.6 is 11.8 Å². The van der Waals surface area contributed by atoms with E-state index in [4.69, 9.17) is 0 Å².